The van der Waals surface area contributed by atoms with Crippen LogP contribution in [0.1, 0.15) is 49.1 Å². The summed E-state index contributed by atoms with van der Waals surface area (Å²) in [6.07, 6.45) is 3.97. The maximum atomic E-state index is 12.5. The first kappa shape index (κ1) is 18.0. The van der Waals surface area contributed by atoms with Gasteiger partial charge in [-0.25, -0.2) is 9.36 Å². The predicted molar refractivity (Wildman–Crippen MR) is 103 cm³/mol. The first-order valence-corrected chi connectivity index (χ1v) is 9.43. The minimum atomic E-state index is -0.360. The number of carbonyl (C=O) groups is 1. The van der Waals surface area contributed by atoms with Gasteiger partial charge in [-0.3, -0.25) is 9.59 Å². The van der Waals surface area contributed by atoms with E-state index in [9.17, 15) is 9.59 Å². The summed E-state index contributed by atoms with van der Waals surface area (Å²) in [6.45, 7) is 2.54. The number of nitrogens with one attached hydrogen (secondary N) is 1. The molecule has 1 aromatic carbocycles. The molecule has 1 saturated carbocycles. The van der Waals surface area contributed by atoms with Gasteiger partial charge >= 0.3 is 0 Å². The molecule has 0 aliphatic heterocycles. The Morgan fingerprint density at radius 1 is 1.18 bits per heavy atom. The van der Waals surface area contributed by atoms with Crippen LogP contribution in [0, 0.1) is 0 Å². The second-order valence-electron chi connectivity index (χ2n) is 6.84. The quantitative estimate of drug-likeness (QED) is 0.675. The van der Waals surface area contributed by atoms with Crippen molar-refractivity contribution in [2.24, 2.45) is 0 Å². The number of nitrogens with zero attached hydrogens (tertiary/aromatic N) is 6. The number of unbranched alkanes of at least 4 members (excludes halogenated alkanes) is 1. The van der Waals surface area contributed by atoms with E-state index in [1.54, 1.807) is 12.1 Å². The van der Waals surface area contributed by atoms with E-state index in [4.69, 9.17) is 0 Å². The lowest BCUT2D eigenvalue weighted by molar-refractivity contribution is 0.101. The van der Waals surface area contributed by atoms with Gasteiger partial charge in [0.25, 0.3) is 11.5 Å². The van der Waals surface area contributed by atoms with Gasteiger partial charge in [0, 0.05) is 23.9 Å². The summed E-state index contributed by atoms with van der Waals surface area (Å²) in [6, 6.07) is 10.5. The molecule has 0 bridgehead atoms. The molecule has 4 rings (SSSR count). The fourth-order valence-corrected chi connectivity index (χ4v) is 2.88. The Kier molecular flexibility index (Phi) is 4.96. The van der Waals surface area contributed by atoms with Crippen LogP contribution in [-0.2, 0) is 6.54 Å². The summed E-state index contributed by atoms with van der Waals surface area (Å²) in [5, 5.41) is 18.9. The number of aryl methyl sites for hydroxylation is 1. The van der Waals surface area contributed by atoms with Gasteiger partial charge in [-0.15, -0.1) is 5.10 Å². The summed E-state index contributed by atoms with van der Waals surface area (Å²) >= 11 is 0. The first-order valence-electron chi connectivity index (χ1n) is 9.43. The van der Waals surface area contributed by atoms with Gasteiger partial charge in [0.2, 0.25) is 0 Å². The largest absolute Gasteiger partial charge is 0.321 e. The molecule has 0 unspecified atom stereocenters. The third-order valence-electron chi connectivity index (χ3n) is 4.61. The standard InChI is InChI=1S/C19H21N7O2/c1-2-3-12-25-17(27)11-10-16(22-25)19(28)20-14-6-4-13(5-7-14)18-21-23-24-26(18)15-8-9-15/h4-7,10-11,15H,2-3,8-9,12H2,1H3,(H,20,28). The molecule has 28 heavy (non-hydrogen) atoms. The summed E-state index contributed by atoms with van der Waals surface area (Å²) in [5.74, 6) is 0.367. The topological polar surface area (TPSA) is 108 Å². The van der Waals surface area contributed by atoms with E-state index in [-0.39, 0.29) is 17.2 Å². The zero-order valence-corrected chi connectivity index (χ0v) is 15.6. The lowest BCUT2D eigenvalue weighted by Gasteiger charge is -2.08. The zero-order valence-electron chi connectivity index (χ0n) is 15.6. The average Bonchev–Trinajstić information content (AvgIpc) is 3.44. The maximum absolute atomic E-state index is 12.5. The van der Waals surface area contributed by atoms with Crippen molar-refractivity contribution in [3.8, 4) is 11.4 Å². The molecule has 1 amide bonds. The van der Waals surface area contributed by atoms with Crippen LogP contribution < -0.4 is 10.9 Å². The van der Waals surface area contributed by atoms with Crippen molar-refractivity contribution in [2.45, 2.75) is 45.2 Å². The van der Waals surface area contributed by atoms with Gasteiger partial charge in [-0.05, 0) is 60.0 Å². The highest BCUT2D eigenvalue weighted by Gasteiger charge is 2.28. The Morgan fingerprint density at radius 2 is 1.96 bits per heavy atom. The zero-order chi connectivity index (χ0) is 19.5. The van der Waals surface area contributed by atoms with Gasteiger partial charge in [-0.2, -0.15) is 5.10 Å². The molecule has 1 aliphatic carbocycles. The van der Waals surface area contributed by atoms with Crippen LogP contribution in [0.15, 0.2) is 41.2 Å². The highest BCUT2D eigenvalue weighted by atomic mass is 16.2. The maximum Gasteiger partial charge on any atom is 0.276 e. The number of hydrogen-bond acceptors (Lipinski definition) is 6. The molecule has 2 heterocycles. The highest BCUT2D eigenvalue weighted by Crippen LogP contribution is 2.36. The third kappa shape index (κ3) is 3.83. The predicted octanol–water partition coefficient (Wildman–Crippen LogP) is 2.28. The van der Waals surface area contributed by atoms with Crippen molar-refractivity contribution >= 4 is 11.6 Å². The van der Waals surface area contributed by atoms with Crippen molar-refractivity contribution in [1.29, 1.82) is 0 Å². The molecule has 0 radical (unpaired) electrons. The average molecular weight is 379 g/mol. The third-order valence-corrected chi connectivity index (χ3v) is 4.61. The summed E-state index contributed by atoms with van der Waals surface area (Å²) < 4.78 is 3.18. The first-order chi connectivity index (χ1) is 13.7. The Hall–Kier alpha value is -3.36. The number of amides is 1. The van der Waals surface area contributed by atoms with Crippen LogP contribution in [0.25, 0.3) is 11.4 Å². The minimum absolute atomic E-state index is 0.206. The van der Waals surface area contributed by atoms with E-state index in [1.165, 1.54) is 16.8 Å². The Morgan fingerprint density at radius 3 is 2.68 bits per heavy atom. The van der Waals surface area contributed by atoms with Crippen molar-refractivity contribution in [2.75, 3.05) is 5.32 Å². The second kappa shape index (κ2) is 7.71. The second-order valence-corrected chi connectivity index (χ2v) is 6.84. The van der Waals surface area contributed by atoms with Crippen molar-refractivity contribution in [1.82, 2.24) is 30.0 Å². The molecule has 1 aliphatic rings. The lowest BCUT2D eigenvalue weighted by atomic mass is 10.2. The molecular weight excluding hydrogens is 358 g/mol. The van der Waals surface area contributed by atoms with E-state index in [1.807, 2.05) is 23.7 Å². The number of carbonyl (C=O) groups excluding carboxylic acids is 1. The summed E-state index contributed by atoms with van der Waals surface area (Å²) in [5.41, 5.74) is 1.52. The summed E-state index contributed by atoms with van der Waals surface area (Å²) in [4.78, 5) is 24.3. The van der Waals surface area contributed by atoms with Crippen LogP contribution in [0.2, 0.25) is 0 Å². The molecule has 1 fully saturated rings. The van der Waals surface area contributed by atoms with Crippen LogP contribution in [0.4, 0.5) is 5.69 Å². The van der Waals surface area contributed by atoms with Crippen molar-refractivity contribution in [3.05, 3.63) is 52.4 Å². The minimum Gasteiger partial charge on any atom is -0.321 e. The fourth-order valence-electron chi connectivity index (χ4n) is 2.88. The monoisotopic (exact) mass is 379 g/mol. The van der Waals surface area contributed by atoms with Gasteiger partial charge < -0.3 is 5.32 Å². The fraction of sp³-hybridized carbons (Fsp3) is 0.368. The van der Waals surface area contributed by atoms with E-state index < -0.39 is 0 Å². The van der Waals surface area contributed by atoms with Gasteiger partial charge in [-0.1, -0.05) is 13.3 Å². The number of hydrogen-bond donors (Lipinski definition) is 1. The molecule has 1 N–H and O–H groups in total. The van der Waals surface area contributed by atoms with Crippen LogP contribution in [0.5, 0.6) is 0 Å². The molecule has 144 valence electrons. The number of aromatic nitrogens is 6. The molecule has 2 aromatic heterocycles. The van der Waals surface area contributed by atoms with E-state index in [0.717, 1.165) is 37.1 Å². The van der Waals surface area contributed by atoms with Gasteiger partial charge in [0.15, 0.2) is 5.82 Å². The molecule has 9 nitrogen and oxygen atoms in total. The van der Waals surface area contributed by atoms with Crippen LogP contribution in [0.3, 0.4) is 0 Å². The Balaban J connectivity index is 1.48. The molecule has 0 spiro atoms. The van der Waals surface area contributed by atoms with Crippen molar-refractivity contribution < 1.29 is 4.79 Å². The highest BCUT2D eigenvalue weighted by molar-refractivity contribution is 6.02. The Bertz CT molecular complexity index is 1030. The van der Waals surface area contributed by atoms with E-state index >= 15 is 0 Å². The molecule has 0 saturated heterocycles. The molecular formula is C19H21N7O2. The van der Waals surface area contributed by atoms with Crippen molar-refractivity contribution in [3.63, 3.8) is 0 Å². The van der Waals surface area contributed by atoms with E-state index in [2.05, 4.69) is 25.9 Å². The Labute approximate surface area is 161 Å². The SMILES string of the molecule is CCCCn1nc(C(=O)Nc2ccc(-c3nnnn3C3CC3)cc2)ccc1=O. The number of rotatable bonds is 7. The number of benzene rings is 1. The smallest absolute Gasteiger partial charge is 0.276 e. The normalized spacial score (nSPS) is 13.5. The molecule has 3 aromatic rings. The summed E-state index contributed by atoms with van der Waals surface area (Å²) in [7, 11) is 0. The molecule has 9 heteroatoms. The lowest BCUT2D eigenvalue weighted by Crippen LogP contribution is -2.26. The molecule has 0 atom stereocenters. The van der Waals surface area contributed by atoms with Gasteiger partial charge in [0.05, 0.1) is 6.04 Å². The number of tetrazole rings is 1. The van der Waals surface area contributed by atoms with Crippen LogP contribution in [-0.4, -0.2) is 35.9 Å². The van der Waals surface area contributed by atoms with E-state index in [0.29, 0.717) is 18.3 Å². The van der Waals surface area contributed by atoms with Crippen LogP contribution >= 0.6 is 0 Å². The van der Waals surface area contributed by atoms with Gasteiger partial charge in [0.1, 0.15) is 5.69 Å². The number of anilines is 1.